The average Bonchev–Trinajstić information content (AvgIpc) is 2.83. The lowest BCUT2D eigenvalue weighted by Gasteiger charge is -2.30. The molecular weight excluding hydrogens is 392 g/mol. The molecule has 160 valence electrons. The molecule has 0 spiro atoms. The van der Waals surface area contributed by atoms with Crippen LogP contribution in [0.1, 0.15) is 21.5 Å². The Morgan fingerprint density at radius 3 is 2.42 bits per heavy atom. The van der Waals surface area contributed by atoms with E-state index in [1.54, 1.807) is 6.07 Å². The number of anilines is 2. The van der Waals surface area contributed by atoms with Crippen LogP contribution in [0.15, 0.2) is 72.8 Å². The Hall–Kier alpha value is -3.51. The van der Waals surface area contributed by atoms with Crippen LogP contribution in [-0.2, 0) is 17.9 Å². The van der Waals surface area contributed by atoms with Crippen LogP contribution in [0.4, 0.5) is 11.4 Å². The maximum Gasteiger partial charge on any atom is 0.337 e. The molecule has 6 nitrogen and oxygen atoms in total. The summed E-state index contributed by atoms with van der Waals surface area (Å²) in [5.41, 5.74) is 4.03. The molecule has 3 aromatic carbocycles. The van der Waals surface area contributed by atoms with Crippen LogP contribution in [0.25, 0.3) is 0 Å². The van der Waals surface area contributed by atoms with Gasteiger partial charge in [-0.3, -0.25) is 0 Å². The van der Waals surface area contributed by atoms with Crippen LogP contribution < -0.4 is 15.0 Å². The number of hydrogen-bond acceptors (Lipinski definition) is 5. The largest absolute Gasteiger partial charge is 0.489 e. The molecule has 2 N–H and O–H groups in total. The summed E-state index contributed by atoms with van der Waals surface area (Å²) in [6.45, 7) is 3.76. The van der Waals surface area contributed by atoms with E-state index in [2.05, 4.69) is 10.2 Å². The van der Waals surface area contributed by atoms with E-state index in [1.165, 1.54) is 0 Å². The van der Waals surface area contributed by atoms with Gasteiger partial charge in [-0.15, -0.1) is 0 Å². The summed E-state index contributed by atoms with van der Waals surface area (Å²) < 4.78 is 11.2. The highest BCUT2D eigenvalue weighted by molar-refractivity contribution is 5.95. The van der Waals surface area contributed by atoms with E-state index in [4.69, 9.17) is 9.47 Å². The van der Waals surface area contributed by atoms with Crippen molar-refractivity contribution in [3.8, 4) is 5.75 Å². The van der Waals surface area contributed by atoms with Gasteiger partial charge in [0.1, 0.15) is 12.4 Å². The fraction of sp³-hybridized carbons (Fsp3) is 0.240. The molecule has 31 heavy (non-hydrogen) atoms. The Bertz CT molecular complexity index is 1000. The number of ether oxygens (including phenoxy) is 2. The highest BCUT2D eigenvalue weighted by atomic mass is 16.5. The molecule has 0 unspecified atom stereocenters. The zero-order chi connectivity index (χ0) is 21.5. The number of carboxylic acids is 1. The van der Waals surface area contributed by atoms with Crippen molar-refractivity contribution in [2.75, 3.05) is 36.5 Å². The van der Waals surface area contributed by atoms with Gasteiger partial charge >= 0.3 is 5.97 Å². The summed E-state index contributed by atoms with van der Waals surface area (Å²) in [4.78, 5) is 13.9. The molecule has 1 aliphatic rings. The minimum absolute atomic E-state index is 0.302. The Morgan fingerprint density at radius 1 is 0.968 bits per heavy atom. The van der Waals surface area contributed by atoms with Gasteiger partial charge in [-0.1, -0.05) is 42.5 Å². The van der Waals surface area contributed by atoms with Gasteiger partial charge in [0.2, 0.25) is 0 Å². The van der Waals surface area contributed by atoms with Gasteiger partial charge in [-0.2, -0.15) is 0 Å². The van der Waals surface area contributed by atoms with E-state index in [0.717, 1.165) is 28.3 Å². The van der Waals surface area contributed by atoms with Crippen molar-refractivity contribution < 1.29 is 19.4 Å². The average molecular weight is 418 g/mol. The van der Waals surface area contributed by atoms with Crippen molar-refractivity contribution in [3.05, 3.63) is 89.5 Å². The molecule has 1 heterocycles. The first-order valence-corrected chi connectivity index (χ1v) is 10.4. The first-order valence-electron chi connectivity index (χ1n) is 10.4. The molecule has 1 fully saturated rings. The standard InChI is InChI=1S/C25H26N2O4/c28-25(29)23-16-21(8-11-24(23)27-12-14-30-15-13-27)26-17-19-6-9-22(10-7-19)31-18-20-4-2-1-3-5-20/h1-11,16,26H,12-15,17-18H2,(H,28,29). The van der Waals surface area contributed by atoms with Gasteiger partial charge in [0.05, 0.1) is 24.5 Å². The third-order valence-electron chi connectivity index (χ3n) is 5.25. The lowest BCUT2D eigenvalue weighted by atomic mass is 10.1. The zero-order valence-electron chi connectivity index (χ0n) is 17.3. The normalized spacial score (nSPS) is 13.6. The smallest absolute Gasteiger partial charge is 0.337 e. The summed E-state index contributed by atoms with van der Waals surface area (Å²) in [6.07, 6.45) is 0. The van der Waals surface area contributed by atoms with Crippen LogP contribution >= 0.6 is 0 Å². The molecule has 0 bridgehead atoms. The van der Waals surface area contributed by atoms with Crippen molar-refractivity contribution in [2.24, 2.45) is 0 Å². The monoisotopic (exact) mass is 418 g/mol. The highest BCUT2D eigenvalue weighted by Crippen LogP contribution is 2.26. The third-order valence-corrected chi connectivity index (χ3v) is 5.25. The Balaban J connectivity index is 1.36. The number of carboxylic acid groups (broad SMARTS) is 1. The predicted molar refractivity (Wildman–Crippen MR) is 121 cm³/mol. The van der Waals surface area contributed by atoms with Crippen LogP contribution in [0.5, 0.6) is 5.75 Å². The molecule has 4 rings (SSSR count). The van der Waals surface area contributed by atoms with E-state index in [0.29, 0.717) is 45.0 Å². The molecule has 0 amide bonds. The first-order chi connectivity index (χ1) is 15.2. The number of rotatable bonds is 8. The van der Waals surface area contributed by atoms with Gasteiger partial charge < -0.3 is 24.8 Å². The maximum absolute atomic E-state index is 11.8. The van der Waals surface area contributed by atoms with Crippen molar-refractivity contribution in [1.82, 2.24) is 0 Å². The van der Waals surface area contributed by atoms with E-state index in [9.17, 15) is 9.90 Å². The van der Waals surface area contributed by atoms with Crippen molar-refractivity contribution in [1.29, 1.82) is 0 Å². The number of aromatic carboxylic acids is 1. The van der Waals surface area contributed by atoms with Crippen LogP contribution in [0.3, 0.4) is 0 Å². The summed E-state index contributed by atoms with van der Waals surface area (Å²) in [7, 11) is 0. The Kier molecular flexibility index (Phi) is 6.69. The topological polar surface area (TPSA) is 71.0 Å². The number of carbonyl (C=O) groups is 1. The zero-order valence-corrected chi connectivity index (χ0v) is 17.3. The molecule has 3 aromatic rings. The second-order valence-electron chi connectivity index (χ2n) is 7.41. The maximum atomic E-state index is 11.8. The van der Waals surface area contributed by atoms with E-state index in [1.807, 2.05) is 66.7 Å². The second kappa shape index (κ2) is 10.00. The summed E-state index contributed by atoms with van der Waals surface area (Å²) in [6, 6.07) is 23.5. The number of nitrogens with zero attached hydrogens (tertiary/aromatic N) is 1. The van der Waals surface area contributed by atoms with Gasteiger partial charge in [-0.05, 0) is 41.5 Å². The van der Waals surface area contributed by atoms with Gasteiger partial charge in [0.15, 0.2) is 0 Å². The number of morpholine rings is 1. The number of hydrogen-bond donors (Lipinski definition) is 2. The molecule has 1 saturated heterocycles. The van der Waals surface area contributed by atoms with E-state index >= 15 is 0 Å². The molecule has 0 atom stereocenters. The number of benzene rings is 3. The molecule has 0 aliphatic carbocycles. The lowest BCUT2D eigenvalue weighted by molar-refractivity contribution is 0.0696. The molecule has 0 radical (unpaired) electrons. The fourth-order valence-corrected chi connectivity index (χ4v) is 3.55. The van der Waals surface area contributed by atoms with Gasteiger partial charge in [-0.25, -0.2) is 4.79 Å². The quantitative estimate of drug-likeness (QED) is 0.565. The third kappa shape index (κ3) is 5.55. The Morgan fingerprint density at radius 2 is 1.71 bits per heavy atom. The van der Waals surface area contributed by atoms with Crippen molar-refractivity contribution in [2.45, 2.75) is 13.2 Å². The van der Waals surface area contributed by atoms with Crippen molar-refractivity contribution in [3.63, 3.8) is 0 Å². The minimum Gasteiger partial charge on any atom is -0.489 e. The SMILES string of the molecule is O=C(O)c1cc(NCc2ccc(OCc3ccccc3)cc2)ccc1N1CCOCC1. The molecular formula is C25H26N2O4. The molecule has 0 aromatic heterocycles. The van der Waals surface area contributed by atoms with Gasteiger partial charge in [0, 0.05) is 25.3 Å². The summed E-state index contributed by atoms with van der Waals surface area (Å²) >= 11 is 0. The Labute approximate surface area is 182 Å². The van der Waals surface area contributed by atoms with Crippen LogP contribution in [0, 0.1) is 0 Å². The van der Waals surface area contributed by atoms with Gasteiger partial charge in [0.25, 0.3) is 0 Å². The summed E-state index contributed by atoms with van der Waals surface area (Å²) in [5, 5.41) is 13.0. The predicted octanol–water partition coefficient (Wildman–Crippen LogP) is 4.41. The van der Waals surface area contributed by atoms with Crippen LogP contribution in [-0.4, -0.2) is 37.4 Å². The van der Waals surface area contributed by atoms with E-state index in [-0.39, 0.29) is 0 Å². The highest BCUT2D eigenvalue weighted by Gasteiger charge is 2.18. The molecule has 1 aliphatic heterocycles. The number of nitrogens with one attached hydrogen (secondary N) is 1. The fourth-order valence-electron chi connectivity index (χ4n) is 3.55. The molecule has 0 saturated carbocycles. The van der Waals surface area contributed by atoms with E-state index < -0.39 is 5.97 Å². The lowest BCUT2D eigenvalue weighted by Crippen LogP contribution is -2.37. The minimum atomic E-state index is -0.926. The molecule has 6 heteroatoms. The second-order valence-corrected chi connectivity index (χ2v) is 7.41. The van der Waals surface area contributed by atoms with Crippen molar-refractivity contribution >= 4 is 17.3 Å². The summed E-state index contributed by atoms with van der Waals surface area (Å²) in [5.74, 6) is -0.110. The van der Waals surface area contributed by atoms with Crippen LogP contribution in [0.2, 0.25) is 0 Å². The first kappa shape index (κ1) is 20.8.